The number of likely N-dealkylation sites (tertiary alicyclic amines) is 1. The van der Waals surface area contributed by atoms with E-state index in [0.717, 1.165) is 50.6 Å². The van der Waals surface area contributed by atoms with Crippen LogP contribution in [0, 0.1) is 0 Å². The van der Waals surface area contributed by atoms with Crippen molar-refractivity contribution in [1.29, 1.82) is 0 Å². The first-order valence-electron chi connectivity index (χ1n) is 11.6. The molecule has 0 unspecified atom stereocenters. The number of pyridine rings is 1. The summed E-state index contributed by atoms with van der Waals surface area (Å²) < 4.78 is 5.29. The first kappa shape index (κ1) is 20.9. The molecule has 9 nitrogen and oxygen atoms in total. The molecule has 2 amide bonds. The van der Waals surface area contributed by atoms with Crippen LogP contribution in [-0.2, 0) is 0 Å². The number of carbonyl (C=O) groups excluding carboxylic acids is 2. The van der Waals surface area contributed by atoms with Gasteiger partial charge < -0.3 is 25.0 Å². The van der Waals surface area contributed by atoms with Gasteiger partial charge >= 0.3 is 0 Å². The Morgan fingerprint density at radius 1 is 1.16 bits per heavy atom. The van der Waals surface area contributed by atoms with Crippen molar-refractivity contribution in [2.24, 2.45) is 0 Å². The Kier molecular flexibility index (Phi) is 5.82. The quantitative estimate of drug-likeness (QED) is 0.733. The van der Waals surface area contributed by atoms with Crippen molar-refractivity contribution in [3.05, 3.63) is 41.4 Å². The number of hydrogen-bond donors (Lipinski definition) is 2. The third kappa shape index (κ3) is 4.48. The molecule has 0 aromatic carbocycles. The second kappa shape index (κ2) is 8.90. The monoisotopic (exact) mass is 438 g/mol. The lowest BCUT2D eigenvalue weighted by Crippen LogP contribution is -2.51. The molecule has 2 aromatic heterocycles. The molecule has 3 aliphatic rings. The number of aromatic nitrogens is 2. The minimum absolute atomic E-state index is 0.00721. The third-order valence-corrected chi connectivity index (χ3v) is 6.65. The van der Waals surface area contributed by atoms with Crippen LogP contribution in [0.2, 0.25) is 0 Å². The van der Waals surface area contributed by atoms with Gasteiger partial charge in [-0.1, -0.05) is 5.16 Å². The van der Waals surface area contributed by atoms with Gasteiger partial charge in [-0.3, -0.25) is 9.59 Å². The highest BCUT2D eigenvalue weighted by molar-refractivity contribution is 5.94. The molecule has 2 aromatic rings. The fraction of sp³-hybridized carbons (Fsp3) is 0.565. The topological polar surface area (TPSA) is 104 Å². The van der Waals surface area contributed by atoms with E-state index in [1.807, 2.05) is 24.0 Å². The fourth-order valence-corrected chi connectivity index (χ4v) is 4.58. The van der Waals surface area contributed by atoms with Crippen LogP contribution in [-0.4, -0.2) is 71.7 Å². The number of nitrogens with one attached hydrogen (secondary N) is 2. The Morgan fingerprint density at radius 3 is 2.66 bits per heavy atom. The van der Waals surface area contributed by atoms with Crippen molar-refractivity contribution < 1.29 is 14.1 Å². The number of hydrogen-bond acceptors (Lipinski definition) is 7. The zero-order valence-corrected chi connectivity index (χ0v) is 18.4. The first-order chi connectivity index (χ1) is 15.6. The minimum atomic E-state index is -0.203. The van der Waals surface area contributed by atoms with Gasteiger partial charge in [0.05, 0.1) is 5.56 Å². The molecule has 32 heavy (non-hydrogen) atoms. The minimum Gasteiger partial charge on any atom is -0.360 e. The van der Waals surface area contributed by atoms with Gasteiger partial charge in [0.2, 0.25) is 0 Å². The van der Waals surface area contributed by atoms with Crippen LogP contribution in [0.5, 0.6) is 0 Å². The highest BCUT2D eigenvalue weighted by Gasteiger charge is 2.32. The van der Waals surface area contributed by atoms with E-state index in [9.17, 15) is 9.59 Å². The number of amides is 2. The van der Waals surface area contributed by atoms with E-state index in [-0.39, 0.29) is 23.9 Å². The van der Waals surface area contributed by atoms with Gasteiger partial charge in [-0.2, -0.15) is 0 Å². The van der Waals surface area contributed by atoms with Crippen molar-refractivity contribution in [3.8, 4) is 0 Å². The molecule has 1 aliphatic carbocycles. The lowest BCUT2D eigenvalue weighted by molar-refractivity contribution is 0.0595. The van der Waals surface area contributed by atoms with Gasteiger partial charge in [-0.15, -0.1) is 0 Å². The molecule has 2 N–H and O–H groups in total. The predicted octanol–water partition coefficient (Wildman–Crippen LogP) is 1.78. The molecule has 0 radical (unpaired) electrons. The summed E-state index contributed by atoms with van der Waals surface area (Å²) in [5.74, 6) is 1.94. The summed E-state index contributed by atoms with van der Waals surface area (Å²) in [6.07, 6.45) is 5.31. The second-order valence-electron chi connectivity index (χ2n) is 9.07. The smallest absolute Gasteiger partial charge is 0.273 e. The average molecular weight is 439 g/mol. The number of anilines is 1. The van der Waals surface area contributed by atoms with Gasteiger partial charge in [-0.05, 0) is 44.7 Å². The summed E-state index contributed by atoms with van der Waals surface area (Å²) in [6, 6.07) is 5.59. The maximum Gasteiger partial charge on any atom is 0.273 e. The molecule has 2 aliphatic heterocycles. The van der Waals surface area contributed by atoms with Crippen LogP contribution in [0.25, 0.3) is 0 Å². The molecule has 4 heterocycles. The number of nitrogens with zero attached hydrogens (tertiary/aromatic N) is 4. The molecule has 5 rings (SSSR count). The van der Waals surface area contributed by atoms with Crippen LogP contribution in [0.1, 0.15) is 65.1 Å². The Labute approximate surface area is 187 Å². The second-order valence-corrected chi connectivity index (χ2v) is 9.07. The van der Waals surface area contributed by atoms with Gasteiger partial charge in [0, 0.05) is 63.0 Å². The Morgan fingerprint density at radius 2 is 1.97 bits per heavy atom. The van der Waals surface area contributed by atoms with Crippen LogP contribution in [0.4, 0.5) is 5.82 Å². The summed E-state index contributed by atoms with van der Waals surface area (Å²) in [5.41, 5.74) is 0.946. The Hall–Kier alpha value is -2.94. The maximum absolute atomic E-state index is 13.1. The normalized spacial score (nSPS) is 23.8. The molecule has 9 heteroatoms. The van der Waals surface area contributed by atoms with Crippen molar-refractivity contribution >= 4 is 17.6 Å². The molecule has 0 bridgehead atoms. The Balaban J connectivity index is 1.15. The standard InChI is InChI=1S/C23H30N6O3/c1-15-12-18(26-22(30)19-13-20(32-27-19)16-2-3-16)6-9-29(15)23(31)17-4-5-21(25-14-17)28-10-7-24-8-11-28/h4-5,13-16,18,24H,2-3,6-12H2,1H3,(H,26,30)/t15-,18-/m1/s1. The van der Waals surface area contributed by atoms with Crippen molar-refractivity contribution in [2.45, 2.75) is 50.6 Å². The van der Waals surface area contributed by atoms with E-state index >= 15 is 0 Å². The zero-order valence-electron chi connectivity index (χ0n) is 18.4. The van der Waals surface area contributed by atoms with Crippen molar-refractivity contribution in [3.63, 3.8) is 0 Å². The summed E-state index contributed by atoms with van der Waals surface area (Å²) in [7, 11) is 0. The maximum atomic E-state index is 13.1. The van der Waals surface area contributed by atoms with Crippen molar-refractivity contribution in [1.82, 2.24) is 25.7 Å². The van der Waals surface area contributed by atoms with E-state index in [4.69, 9.17) is 4.52 Å². The number of carbonyl (C=O) groups is 2. The number of rotatable bonds is 5. The molecule has 0 spiro atoms. The van der Waals surface area contributed by atoms with Gasteiger partial charge in [0.1, 0.15) is 11.6 Å². The predicted molar refractivity (Wildman–Crippen MR) is 119 cm³/mol. The van der Waals surface area contributed by atoms with E-state index in [1.54, 1.807) is 12.3 Å². The SMILES string of the molecule is C[C@@H]1C[C@H](NC(=O)c2cc(C3CC3)on2)CCN1C(=O)c1ccc(N2CCNCC2)nc1. The van der Waals surface area contributed by atoms with Gasteiger partial charge in [-0.25, -0.2) is 4.98 Å². The molecular weight excluding hydrogens is 408 g/mol. The summed E-state index contributed by atoms with van der Waals surface area (Å²) >= 11 is 0. The summed E-state index contributed by atoms with van der Waals surface area (Å²) in [5, 5.41) is 10.3. The van der Waals surface area contributed by atoms with Crippen LogP contribution in [0.3, 0.4) is 0 Å². The molecule has 170 valence electrons. The molecule has 2 saturated heterocycles. The first-order valence-corrected chi connectivity index (χ1v) is 11.6. The van der Waals surface area contributed by atoms with Crippen LogP contribution < -0.4 is 15.5 Å². The van der Waals surface area contributed by atoms with E-state index in [1.165, 1.54) is 0 Å². The molecule has 2 atom stereocenters. The lowest BCUT2D eigenvalue weighted by atomic mass is 9.97. The van der Waals surface area contributed by atoms with Gasteiger partial charge in [0.25, 0.3) is 11.8 Å². The average Bonchev–Trinajstić information content (AvgIpc) is 3.55. The summed E-state index contributed by atoms with van der Waals surface area (Å²) in [4.78, 5) is 34.3. The number of piperazine rings is 1. The van der Waals surface area contributed by atoms with Gasteiger partial charge in [0.15, 0.2) is 5.69 Å². The molecular formula is C23H30N6O3. The summed E-state index contributed by atoms with van der Waals surface area (Å²) in [6.45, 7) is 6.36. The molecule has 3 fully saturated rings. The van der Waals surface area contributed by atoms with Crippen LogP contribution in [0.15, 0.2) is 28.9 Å². The Bertz CT molecular complexity index is 964. The largest absolute Gasteiger partial charge is 0.360 e. The lowest BCUT2D eigenvalue weighted by Gasteiger charge is -2.38. The molecule has 1 saturated carbocycles. The van der Waals surface area contributed by atoms with Crippen molar-refractivity contribution in [2.75, 3.05) is 37.6 Å². The highest BCUT2D eigenvalue weighted by Crippen LogP contribution is 2.40. The van der Waals surface area contributed by atoms with E-state index < -0.39 is 0 Å². The number of piperidine rings is 1. The third-order valence-electron chi connectivity index (χ3n) is 6.65. The van der Waals surface area contributed by atoms with E-state index in [2.05, 4.69) is 25.7 Å². The van der Waals surface area contributed by atoms with Crippen LogP contribution >= 0.6 is 0 Å². The van der Waals surface area contributed by atoms with E-state index in [0.29, 0.717) is 36.6 Å². The fourth-order valence-electron chi connectivity index (χ4n) is 4.58. The highest BCUT2D eigenvalue weighted by atomic mass is 16.5. The zero-order chi connectivity index (χ0) is 22.1.